The van der Waals surface area contributed by atoms with Crippen molar-refractivity contribution in [2.45, 2.75) is 20.8 Å². The summed E-state index contributed by atoms with van der Waals surface area (Å²) in [5, 5.41) is 5.48. The van der Waals surface area contributed by atoms with Crippen LogP contribution in [0, 0.1) is 13.8 Å². The van der Waals surface area contributed by atoms with Crippen LogP contribution in [0.25, 0.3) is 0 Å². The lowest BCUT2D eigenvalue weighted by Gasteiger charge is -2.08. The molecule has 0 spiro atoms. The average molecular weight is 404 g/mol. The molecule has 0 saturated carbocycles. The molecule has 0 fully saturated rings. The Labute approximate surface area is 165 Å². The van der Waals surface area contributed by atoms with Crippen molar-refractivity contribution in [2.24, 2.45) is 0 Å². The fraction of sp³-hybridized carbons (Fsp3) is 0.263. The topological polar surface area (TPSA) is 111 Å². The molecule has 0 radical (unpaired) electrons. The van der Waals surface area contributed by atoms with Crippen molar-refractivity contribution in [1.29, 1.82) is 0 Å². The minimum absolute atomic E-state index is 0.192. The summed E-state index contributed by atoms with van der Waals surface area (Å²) in [6.45, 7) is 4.41. The smallest absolute Gasteiger partial charge is 0.341 e. The summed E-state index contributed by atoms with van der Waals surface area (Å²) in [4.78, 5) is 48.2. The van der Waals surface area contributed by atoms with E-state index in [0.717, 1.165) is 10.4 Å². The maximum Gasteiger partial charge on any atom is 0.341 e. The Morgan fingerprint density at radius 1 is 1.07 bits per heavy atom. The molecule has 0 unspecified atom stereocenters. The Hall–Kier alpha value is -3.20. The summed E-state index contributed by atoms with van der Waals surface area (Å²) in [5.41, 5.74) is 1.64. The van der Waals surface area contributed by atoms with E-state index in [4.69, 9.17) is 9.47 Å². The van der Waals surface area contributed by atoms with E-state index in [2.05, 4.69) is 10.6 Å². The van der Waals surface area contributed by atoms with Crippen molar-refractivity contribution in [3.8, 4) is 0 Å². The van der Waals surface area contributed by atoms with Crippen molar-refractivity contribution in [1.82, 2.24) is 0 Å². The summed E-state index contributed by atoms with van der Waals surface area (Å²) in [6.07, 6.45) is 0. The Bertz CT molecular complexity index is 935. The average Bonchev–Trinajstić information content (AvgIpc) is 2.92. The highest BCUT2D eigenvalue weighted by Gasteiger charge is 2.22. The number of anilines is 2. The molecule has 8 nitrogen and oxygen atoms in total. The first-order valence-electron chi connectivity index (χ1n) is 8.25. The molecule has 0 saturated heterocycles. The number of amides is 2. The quantitative estimate of drug-likeness (QED) is 0.716. The second-order valence-corrected chi connectivity index (χ2v) is 7.09. The van der Waals surface area contributed by atoms with Gasteiger partial charge in [0.2, 0.25) is 5.91 Å². The summed E-state index contributed by atoms with van der Waals surface area (Å²) >= 11 is 1.24. The van der Waals surface area contributed by atoms with E-state index in [9.17, 15) is 19.2 Å². The molecule has 1 aromatic carbocycles. The van der Waals surface area contributed by atoms with E-state index in [1.165, 1.54) is 37.5 Å². The molecule has 0 aliphatic rings. The van der Waals surface area contributed by atoms with Gasteiger partial charge >= 0.3 is 11.9 Å². The molecule has 0 bridgehead atoms. The van der Waals surface area contributed by atoms with Crippen LogP contribution in [-0.4, -0.2) is 37.5 Å². The molecule has 1 heterocycles. The SMILES string of the molecule is COC(=O)c1c(NC(=O)COC(=O)c2cccc(NC(C)=O)c2)sc(C)c1C. The number of ether oxygens (including phenoxy) is 2. The van der Waals surface area contributed by atoms with Gasteiger partial charge in [0.25, 0.3) is 5.91 Å². The third-order valence-corrected chi connectivity index (χ3v) is 4.90. The summed E-state index contributed by atoms with van der Waals surface area (Å²) in [7, 11) is 1.26. The van der Waals surface area contributed by atoms with Crippen LogP contribution in [0.15, 0.2) is 24.3 Å². The van der Waals surface area contributed by atoms with Crippen molar-refractivity contribution in [3.63, 3.8) is 0 Å². The van der Waals surface area contributed by atoms with E-state index in [0.29, 0.717) is 10.7 Å². The number of methoxy groups -OCH3 is 1. The lowest BCUT2D eigenvalue weighted by molar-refractivity contribution is -0.119. The first-order valence-corrected chi connectivity index (χ1v) is 9.07. The number of benzene rings is 1. The van der Waals surface area contributed by atoms with E-state index < -0.39 is 24.5 Å². The van der Waals surface area contributed by atoms with Crippen LogP contribution in [0.5, 0.6) is 0 Å². The van der Waals surface area contributed by atoms with Gasteiger partial charge in [-0.3, -0.25) is 9.59 Å². The van der Waals surface area contributed by atoms with Crippen molar-refractivity contribution in [2.75, 3.05) is 24.4 Å². The number of carbonyl (C=O) groups is 4. The van der Waals surface area contributed by atoms with Gasteiger partial charge in [-0.15, -0.1) is 11.3 Å². The Balaban J connectivity index is 2.02. The molecular formula is C19H20N2O6S. The molecule has 2 rings (SSSR count). The molecule has 2 N–H and O–H groups in total. The van der Waals surface area contributed by atoms with Gasteiger partial charge in [-0.1, -0.05) is 6.07 Å². The highest BCUT2D eigenvalue weighted by molar-refractivity contribution is 7.16. The lowest BCUT2D eigenvalue weighted by atomic mass is 10.1. The van der Waals surface area contributed by atoms with Crippen LogP contribution in [-0.2, 0) is 19.1 Å². The number of thiophene rings is 1. The molecule has 2 aromatic rings. The zero-order valence-electron chi connectivity index (χ0n) is 15.9. The van der Waals surface area contributed by atoms with Gasteiger partial charge in [-0.25, -0.2) is 9.59 Å². The fourth-order valence-electron chi connectivity index (χ4n) is 2.37. The maximum atomic E-state index is 12.2. The predicted molar refractivity (Wildman–Crippen MR) is 105 cm³/mol. The van der Waals surface area contributed by atoms with Crippen LogP contribution in [0.3, 0.4) is 0 Å². The number of rotatable bonds is 6. The van der Waals surface area contributed by atoms with Gasteiger partial charge in [-0.05, 0) is 37.6 Å². The maximum absolute atomic E-state index is 12.2. The summed E-state index contributed by atoms with van der Waals surface area (Å²) < 4.78 is 9.76. The van der Waals surface area contributed by atoms with Crippen LogP contribution in [0.1, 0.15) is 38.1 Å². The first kappa shape index (κ1) is 21.1. The predicted octanol–water partition coefficient (Wildman–Crippen LogP) is 2.91. The van der Waals surface area contributed by atoms with Crippen LogP contribution in [0.4, 0.5) is 10.7 Å². The Morgan fingerprint density at radius 2 is 1.79 bits per heavy atom. The van der Waals surface area contributed by atoms with Gasteiger partial charge in [0, 0.05) is 17.5 Å². The Morgan fingerprint density at radius 3 is 2.43 bits per heavy atom. The van der Waals surface area contributed by atoms with E-state index in [1.807, 2.05) is 6.92 Å². The van der Waals surface area contributed by atoms with Gasteiger partial charge in [0.15, 0.2) is 6.61 Å². The number of carbonyl (C=O) groups excluding carboxylic acids is 4. The second kappa shape index (κ2) is 9.14. The van der Waals surface area contributed by atoms with Gasteiger partial charge < -0.3 is 20.1 Å². The highest BCUT2D eigenvalue weighted by Crippen LogP contribution is 2.32. The van der Waals surface area contributed by atoms with Crippen molar-refractivity contribution in [3.05, 3.63) is 45.8 Å². The molecular weight excluding hydrogens is 384 g/mol. The summed E-state index contributed by atoms with van der Waals surface area (Å²) in [6, 6.07) is 6.17. The largest absolute Gasteiger partial charge is 0.465 e. The molecule has 1 aromatic heterocycles. The van der Waals surface area contributed by atoms with Gasteiger partial charge in [-0.2, -0.15) is 0 Å². The Kier molecular flexibility index (Phi) is 6.89. The lowest BCUT2D eigenvalue weighted by Crippen LogP contribution is -2.21. The van der Waals surface area contributed by atoms with E-state index >= 15 is 0 Å². The number of nitrogens with one attached hydrogen (secondary N) is 2. The molecule has 0 aliphatic heterocycles. The zero-order valence-corrected chi connectivity index (χ0v) is 16.7. The third kappa shape index (κ3) is 5.17. The normalized spacial score (nSPS) is 10.1. The molecule has 2 amide bonds. The molecule has 148 valence electrons. The fourth-order valence-corrected chi connectivity index (χ4v) is 3.43. The van der Waals surface area contributed by atoms with Gasteiger partial charge in [0.05, 0.1) is 18.2 Å². The molecule has 0 aliphatic carbocycles. The van der Waals surface area contributed by atoms with E-state index in [1.54, 1.807) is 19.1 Å². The van der Waals surface area contributed by atoms with E-state index in [-0.39, 0.29) is 17.0 Å². The number of esters is 2. The van der Waals surface area contributed by atoms with Crippen LogP contribution >= 0.6 is 11.3 Å². The standard InChI is InChI=1S/C19H20N2O6S/c1-10-11(2)28-17(16(10)19(25)26-4)21-15(23)9-27-18(24)13-6-5-7-14(8-13)20-12(3)22/h5-8H,9H2,1-4H3,(H,20,22)(H,21,23). The van der Waals surface area contributed by atoms with Crippen molar-refractivity contribution >= 4 is 45.8 Å². The minimum atomic E-state index is -0.714. The summed E-state index contributed by atoms with van der Waals surface area (Å²) in [5.74, 6) is -2.12. The van der Waals surface area contributed by atoms with Crippen LogP contribution < -0.4 is 10.6 Å². The number of aryl methyl sites for hydroxylation is 1. The van der Waals surface area contributed by atoms with Gasteiger partial charge in [0.1, 0.15) is 5.00 Å². The molecule has 9 heteroatoms. The highest BCUT2D eigenvalue weighted by atomic mass is 32.1. The first-order chi connectivity index (χ1) is 13.2. The third-order valence-electron chi connectivity index (χ3n) is 3.78. The monoisotopic (exact) mass is 404 g/mol. The molecule has 0 atom stereocenters. The second-order valence-electron chi connectivity index (χ2n) is 5.87. The number of hydrogen-bond donors (Lipinski definition) is 2. The minimum Gasteiger partial charge on any atom is -0.465 e. The molecule has 28 heavy (non-hydrogen) atoms. The van der Waals surface area contributed by atoms with Crippen LogP contribution in [0.2, 0.25) is 0 Å². The number of hydrogen-bond acceptors (Lipinski definition) is 7. The van der Waals surface area contributed by atoms with Crippen molar-refractivity contribution < 1.29 is 28.7 Å². The zero-order chi connectivity index (χ0) is 20.8.